The van der Waals surface area contributed by atoms with Gasteiger partial charge in [0.05, 0.1) is 11.1 Å². The van der Waals surface area contributed by atoms with Gasteiger partial charge in [0.25, 0.3) is 17.7 Å². The first-order chi connectivity index (χ1) is 12.9. The summed E-state index contributed by atoms with van der Waals surface area (Å²) in [7, 11) is 0. The smallest absolute Gasteiger partial charge is 0.261 e. The number of carbonyl (C=O) groups excluding carboxylic acids is 4. The Morgan fingerprint density at radius 2 is 1.70 bits per heavy atom. The zero-order valence-electron chi connectivity index (χ0n) is 15.2. The first kappa shape index (κ1) is 18.5. The highest BCUT2D eigenvalue weighted by molar-refractivity contribution is 6.22. The molecule has 0 bridgehead atoms. The SMILES string of the molecule is CCCCN1C(=O)c2ccc(C(=O)Nc3cccc(C(C)=O)c3)cc2C1=O. The van der Waals surface area contributed by atoms with Gasteiger partial charge in [-0.1, -0.05) is 25.5 Å². The molecule has 0 unspecified atom stereocenters. The summed E-state index contributed by atoms with van der Waals surface area (Å²) in [4.78, 5) is 50.1. The lowest BCUT2D eigenvalue weighted by atomic mass is 10.0. The van der Waals surface area contributed by atoms with Gasteiger partial charge in [0.1, 0.15) is 0 Å². The van der Waals surface area contributed by atoms with Crippen molar-refractivity contribution in [2.24, 2.45) is 0 Å². The van der Waals surface area contributed by atoms with Crippen LogP contribution >= 0.6 is 0 Å². The third-order valence-electron chi connectivity index (χ3n) is 4.50. The fraction of sp³-hybridized carbons (Fsp3) is 0.238. The minimum atomic E-state index is -0.411. The molecule has 1 aliphatic rings. The van der Waals surface area contributed by atoms with E-state index in [2.05, 4.69) is 5.32 Å². The second-order valence-corrected chi connectivity index (χ2v) is 6.47. The van der Waals surface area contributed by atoms with Gasteiger partial charge in [0.2, 0.25) is 0 Å². The summed E-state index contributed by atoms with van der Waals surface area (Å²) in [5.41, 5.74) is 1.84. The van der Waals surface area contributed by atoms with Gasteiger partial charge in [-0.05, 0) is 43.7 Å². The number of fused-ring (bicyclic) bond motifs is 1. The van der Waals surface area contributed by atoms with Crippen molar-refractivity contribution in [1.82, 2.24) is 4.90 Å². The second-order valence-electron chi connectivity index (χ2n) is 6.47. The maximum atomic E-state index is 12.5. The van der Waals surface area contributed by atoms with Crippen LogP contribution in [0.5, 0.6) is 0 Å². The van der Waals surface area contributed by atoms with Gasteiger partial charge in [-0.25, -0.2) is 0 Å². The Labute approximate surface area is 157 Å². The molecule has 6 heteroatoms. The fourth-order valence-electron chi connectivity index (χ4n) is 2.97. The number of unbranched alkanes of at least 4 members (excludes halogenated alkanes) is 1. The average Bonchev–Trinajstić information content (AvgIpc) is 2.90. The van der Waals surface area contributed by atoms with Gasteiger partial charge in [-0.3, -0.25) is 24.1 Å². The van der Waals surface area contributed by atoms with Gasteiger partial charge >= 0.3 is 0 Å². The molecule has 0 spiro atoms. The Morgan fingerprint density at radius 1 is 0.963 bits per heavy atom. The van der Waals surface area contributed by atoms with Crippen molar-refractivity contribution >= 4 is 29.2 Å². The molecule has 0 aliphatic carbocycles. The molecule has 0 radical (unpaired) electrons. The Hall–Kier alpha value is -3.28. The largest absolute Gasteiger partial charge is 0.322 e. The summed E-state index contributed by atoms with van der Waals surface area (Å²) in [6.45, 7) is 3.82. The quantitative estimate of drug-likeness (QED) is 0.628. The lowest BCUT2D eigenvalue weighted by Gasteiger charge is -2.12. The predicted octanol–water partition coefficient (Wildman–Crippen LogP) is 3.54. The van der Waals surface area contributed by atoms with Crippen LogP contribution in [0.2, 0.25) is 0 Å². The standard InChI is InChI=1S/C21H20N2O4/c1-3-4-10-23-20(26)17-9-8-15(12-18(17)21(23)27)19(25)22-16-7-5-6-14(11-16)13(2)24/h5-9,11-12H,3-4,10H2,1-2H3,(H,22,25). The first-order valence-corrected chi connectivity index (χ1v) is 8.85. The number of amides is 3. The number of hydrogen-bond acceptors (Lipinski definition) is 4. The summed E-state index contributed by atoms with van der Waals surface area (Å²) in [6.07, 6.45) is 1.62. The van der Waals surface area contributed by atoms with Crippen LogP contribution in [-0.2, 0) is 0 Å². The van der Waals surface area contributed by atoms with Crippen LogP contribution in [0.4, 0.5) is 5.69 Å². The van der Waals surface area contributed by atoms with E-state index in [9.17, 15) is 19.2 Å². The number of imide groups is 1. The van der Waals surface area contributed by atoms with Gasteiger partial charge in [-0.15, -0.1) is 0 Å². The van der Waals surface area contributed by atoms with E-state index in [-0.39, 0.29) is 28.7 Å². The third kappa shape index (κ3) is 3.65. The number of benzene rings is 2. The highest BCUT2D eigenvalue weighted by atomic mass is 16.2. The molecule has 3 rings (SSSR count). The fourth-order valence-corrected chi connectivity index (χ4v) is 2.97. The Balaban J connectivity index is 1.82. The third-order valence-corrected chi connectivity index (χ3v) is 4.50. The Morgan fingerprint density at radius 3 is 2.41 bits per heavy atom. The van der Waals surface area contributed by atoms with Crippen molar-refractivity contribution in [3.8, 4) is 0 Å². The zero-order valence-corrected chi connectivity index (χ0v) is 15.2. The number of ketones is 1. The molecular weight excluding hydrogens is 344 g/mol. The van der Waals surface area contributed by atoms with E-state index in [1.165, 1.54) is 30.0 Å². The molecule has 0 aromatic heterocycles. The maximum Gasteiger partial charge on any atom is 0.261 e. The van der Waals surface area contributed by atoms with Crippen LogP contribution in [0.25, 0.3) is 0 Å². The predicted molar refractivity (Wildman–Crippen MR) is 101 cm³/mol. The maximum absolute atomic E-state index is 12.5. The van der Waals surface area contributed by atoms with Gasteiger partial charge in [0, 0.05) is 23.4 Å². The summed E-state index contributed by atoms with van der Waals surface area (Å²) in [5.74, 6) is -1.19. The molecule has 138 valence electrons. The molecule has 2 aromatic carbocycles. The number of anilines is 1. The van der Waals surface area contributed by atoms with Crippen molar-refractivity contribution in [3.63, 3.8) is 0 Å². The summed E-state index contributed by atoms with van der Waals surface area (Å²) < 4.78 is 0. The minimum absolute atomic E-state index is 0.0973. The van der Waals surface area contributed by atoms with E-state index in [1.54, 1.807) is 24.3 Å². The number of nitrogens with zero attached hydrogens (tertiary/aromatic N) is 1. The normalized spacial score (nSPS) is 12.9. The van der Waals surface area contributed by atoms with Crippen LogP contribution in [0.1, 0.15) is 68.1 Å². The van der Waals surface area contributed by atoms with Crippen molar-refractivity contribution in [3.05, 3.63) is 64.7 Å². The van der Waals surface area contributed by atoms with E-state index >= 15 is 0 Å². The summed E-state index contributed by atoms with van der Waals surface area (Å²) in [6, 6.07) is 11.1. The number of hydrogen-bond donors (Lipinski definition) is 1. The van der Waals surface area contributed by atoms with E-state index in [0.717, 1.165) is 12.8 Å². The molecule has 1 aliphatic heterocycles. The highest BCUT2D eigenvalue weighted by Crippen LogP contribution is 2.25. The van der Waals surface area contributed by atoms with Crippen LogP contribution in [0, 0.1) is 0 Å². The van der Waals surface area contributed by atoms with E-state index in [1.807, 2.05) is 6.92 Å². The lowest BCUT2D eigenvalue weighted by molar-refractivity contribution is 0.0652. The molecule has 0 fully saturated rings. The molecule has 1 heterocycles. The second kappa shape index (κ2) is 7.53. The number of Topliss-reactive ketones (excluding diaryl/α,β-unsaturated/α-hetero) is 1. The lowest BCUT2D eigenvalue weighted by Crippen LogP contribution is -2.30. The Bertz CT molecular complexity index is 949. The van der Waals surface area contributed by atoms with Crippen molar-refractivity contribution < 1.29 is 19.2 Å². The summed E-state index contributed by atoms with van der Waals surface area (Å²) in [5, 5.41) is 2.72. The average molecular weight is 364 g/mol. The van der Waals surface area contributed by atoms with E-state index < -0.39 is 5.91 Å². The number of carbonyl (C=O) groups is 4. The van der Waals surface area contributed by atoms with Crippen LogP contribution in [-0.4, -0.2) is 34.9 Å². The van der Waals surface area contributed by atoms with Gasteiger partial charge in [-0.2, -0.15) is 0 Å². The number of rotatable bonds is 6. The topological polar surface area (TPSA) is 83.6 Å². The van der Waals surface area contributed by atoms with Crippen LogP contribution in [0.3, 0.4) is 0 Å². The van der Waals surface area contributed by atoms with Gasteiger partial charge < -0.3 is 5.32 Å². The molecule has 2 aromatic rings. The first-order valence-electron chi connectivity index (χ1n) is 8.85. The molecular formula is C21H20N2O4. The molecule has 0 saturated heterocycles. The zero-order chi connectivity index (χ0) is 19.6. The minimum Gasteiger partial charge on any atom is -0.322 e. The molecule has 0 atom stereocenters. The van der Waals surface area contributed by atoms with Crippen molar-refractivity contribution in [2.45, 2.75) is 26.7 Å². The molecule has 0 saturated carbocycles. The number of nitrogens with one attached hydrogen (secondary N) is 1. The molecule has 1 N–H and O–H groups in total. The highest BCUT2D eigenvalue weighted by Gasteiger charge is 2.35. The molecule has 3 amide bonds. The van der Waals surface area contributed by atoms with Crippen LogP contribution < -0.4 is 5.32 Å². The van der Waals surface area contributed by atoms with E-state index in [0.29, 0.717) is 23.4 Å². The van der Waals surface area contributed by atoms with E-state index in [4.69, 9.17) is 0 Å². The summed E-state index contributed by atoms with van der Waals surface area (Å²) >= 11 is 0. The van der Waals surface area contributed by atoms with Crippen molar-refractivity contribution in [2.75, 3.05) is 11.9 Å². The Kier molecular flexibility index (Phi) is 5.16. The van der Waals surface area contributed by atoms with Gasteiger partial charge in [0.15, 0.2) is 5.78 Å². The monoisotopic (exact) mass is 364 g/mol. The molecule has 27 heavy (non-hydrogen) atoms. The van der Waals surface area contributed by atoms with Crippen LogP contribution in [0.15, 0.2) is 42.5 Å². The van der Waals surface area contributed by atoms with Crippen molar-refractivity contribution in [1.29, 1.82) is 0 Å². The molecule has 6 nitrogen and oxygen atoms in total.